The van der Waals surface area contributed by atoms with Crippen molar-refractivity contribution in [2.24, 2.45) is 5.11 Å². The monoisotopic (exact) mass is 210 g/mol. The van der Waals surface area contributed by atoms with Gasteiger partial charge < -0.3 is 10.6 Å². The summed E-state index contributed by atoms with van der Waals surface area (Å²) in [5.74, 6) is -0.258. The molecular weight excluding hydrogens is 192 g/mol. The number of nitrogens with one attached hydrogen (secondary N) is 3. The smallest absolute Gasteiger partial charge is 0.273 e. The molecule has 0 aromatic rings. The van der Waals surface area contributed by atoms with E-state index >= 15 is 0 Å². The Bertz CT molecular complexity index is 256. The molecular formula is C10H18N4O. The Hall–Kier alpha value is -1.39. The third-order valence-electron chi connectivity index (χ3n) is 2.57. The maximum Gasteiger partial charge on any atom is 0.273 e. The van der Waals surface area contributed by atoms with Crippen molar-refractivity contribution in [3.8, 4) is 0 Å². The van der Waals surface area contributed by atoms with Gasteiger partial charge in [0.15, 0.2) is 5.70 Å². The molecule has 0 heterocycles. The molecule has 0 atom stereocenters. The molecule has 15 heavy (non-hydrogen) atoms. The summed E-state index contributed by atoms with van der Waals surface area (Å²) >= 11 is 0. The molecule has 1 aliphatic rings. The molecule has 5 heteroatoms. The maximum atomic E-state index is 11.6. The van der Waals surface area contributed by atoms with Crippen LogP contribution >= 0.6 is 0 Å². The van der Waals surface area contributed by atoms with Crippen molar-refractivity contribution in [1.29, 1.82) is 5.53 Å². The summed E-state index contributed by atoms with van der Waals surface area (Å²) in [6, 6.07) is 0.258. The summed E-state index contributed by atoms with van der Waals surface area (Å²) in [5.41, 5.74) is 6.99. The van der Waals surface area contributed by atoms with E-state index in [4.69, 9.17) is 5.53 Å². The first-order chi connectivity index (χ1) is 7.27. The van der Waals surface area contributed by atoms with Crippen LogP contribution in [0.3, 0.4) is 0 Å². The third kappa shape index (κ3) is 3.69. The molecule has 0 aliphatic heterocycles. The Balaban J connectivity index is 2.45. The highest BCUT2D eigenvalue weighted by atomic mass is 16.2. The van der Waals surface area contributed by atoms with Crippen molar-refractivity contribution in [3.63, 3.8) is 0 Å². The Kier molecular flexibility index (Phi) is 4.80. The lowest BCUT2D eigenvalue weighted by Gasteiger charge is -2.22. The molecule has 0 bridgehead atoms. The second kappa shape index (κ2) is 6.16. The van der Waals surface area contributed by atoms with Crippen LogP contribution in [-0.2, 0) is 4.79 Å². The second-order valence-electron chi connectivity index (χ2n) is 3.74. The SMILES string of the molecule is CN/C=C(\N=N)C(=O)NC1CCCCC1. The molecule has 1 aliphatic carbocycles. The van der Waals surface area contributed by atoms with Gasteiger partial charge in [0, 0.05) is 19.3 Å². The van der Waals surface area contributed by atoms with Gasteiger partial charge >= 0.3 is 0 Å². The van der Waals surface area contributed by atoms with Gasteiger partial charge in [0.05, 0.1) is 0 Å². The van der Waals surface area contributed by atoms with Crippen molar-refractivity contribution in [2.75, 3.05) is 7.05 Å². The van der Waals surface area contributed by atoms with E-state index < -0.39 is 0 Å². The van der Waals surface area contributed by atoms with Crippen molar-refractivity contribution in [1.82, 2.24) is 10.6 Å². The first kappa shape index (κ1) is 11.7. The van der Waals surface area contributed by atoms with Crippen LogP contribution in [0.5, 0.6) is 0 Å². The van der Waals surface area contributed by atoms with Crippen LogP contribution in [0.2, 0.25) is 0 Å². The fraction of sp³-hybridized carbons (Fsp3) is 0.700. The average Bonchev–Trinajstić information content (AvgIpc) is 2.27. The minimum Gasteiger partial charge on any atom is -0.392 e. The summed E-state index contributed by atoms with van der Waals surface area (Å²) in [7, 11) is 1.68. The number of carbonyl (C=O) groups is 1. The van der Waals surface area contributed by atoms with Gasteiger partial charge in [-0.05, 0) is 12.8 Å². The lowest BCUT2D eigenvalue weighted by molar-refractivity contribution is -0.118. The number of rotatable bonds is 4. The first-order valence-electron chi connectivity index (χ1n) is 5.33. The molecule has 1 saturated carbocycles. The van der Waals surface area contributed by atoms with E-state index in [-0.39, 0.29) is 17.6 Å². The van der Waals surface area contributed by atoms with Gasteiger partial charge in [-0.1, -0.05) is 19.3 Å². The van der Waals surface area contributed by atoms with Gasteiger partial charge in [-0.3, -0.25) is 4.79 Å². The van der Waals surface area contributed by atoms with Gasteiger partial charge in [-0.25, -0.2) is 5.53 Å². The van der Waals surface area contributed by atoms with Crippen LogP contribution in [0.4, 0.5) is 0 Å². The van der Waals surface area contributed by atoms with E-state index in [2.05, 4.69) is 15.7 Å². The van der Waals surface area contributed by atoms with E-state index in [1.165, 1.54) is 25.5 Å². The molecule has 0 aromatic heterocycles. The summed E-state index contributed by atoms with van der Waals surface area (Å²) in [6.45, 7) is 0. The molecule has 1 fully saturated rings. The quantitative estimate of drug-likeness (QED) is 0.486. The summed E-state index contributed by atoms with van der Waals surface area (Å²) in [5, 5.41) is 8.77. The van der Waals surface area contributed by atoms with Crippen LogP contribution in [0.25, 0.3) is 0 Å². The zero-order chi connectivity index (χ0) is 11.1. The fourth-order valence-corrected chi connectivity index (χ4v) is 1.79. The lowest BCUT2D eigenvalue weighted by Crippen LogP contribution is -2.36. The van der Waals surface area contributed by atoms with Crippen LogP contribution in [-0.4, -0.2) is 19.0 Å². The Labute approximate surface area is 89.8 Å². The molecule has 0 aromatic carbocycles. The number of nitrogens with zero attached hydrogens (tertiary/aromatic N) is 1. The average molecular weight is 210 g/mol. The molecule has 0 radical (unpaired) electrons. The van der Waals surface area contributed by atoms with Crippen LogP contribution in [0.1, 0.15) is 32.1 Å². The molecule has 0 saturated heterocycles. The topological polar surface area (TPSA) is 77.3 Å². The summed E-state index contributed by atoms with van der Waals surface area (Å²) in [4.78, 5) is 11.6. The molecule has 1 rings (SSSR count). The predicted molar refractivity (Wildman–Crippen MR) is 57.3 cm³/mol. The number of hydrogen-bond donors (Lipinski definition) is 3. The van der Waals surface area contributed by atoms with Crippen molar-refractivity contribution in [3.05, 3.63) is 11.9 Å². The molecule has 0 unspecified atom stereocenters. The molecule has 5 nitrogen and oxygen atoms in total. The highest BCUT2D eigenvalue weighted by Gasteiger charge is 2.17. The predicted octanol–water partition coefficient (Wildman–Crippen LogP) is 1.53. The zero-order valence-electron chi connectivity index (χ0n) is 9.05. The highest BCUT2D eigenvalue weighted by molar-refractivity contribution is 5.92. The minimum absolute atomic E-state index is 0.128. The van der Waals surface area contributed by atoms with E-state index in [9.17, 15) is 4.79 Å². The maximum absolute atomic E-state index is 11.6. The zero-order valence-corrected chi connectivity index (χ0v) is 9.05. The molecule has 1 amide bonds. The van der Waals surface area contributed by atoms with Gasteiger partial charge in [0.25, 0.3) is 5.91 Å². The standard InChI is InChI=1S/C10H18N4O/c1-12-7-9(14-11)10(15)13-8-5-3-2-4-6-8/h7-8,11-12H,2-6H2,1H3,(H,13,15)/b9-7-,14-11?. The van der Waals surface area contributed by atoms with E-state index in [0.29, 0.717) is 0 Å². The van der Waals surface area contributed by atoms with Crippen LogP contribution < -0.4 is 10.6 Å². The Morgan fingerprint density at radius 1 is 1.40 bits per heavy atom. The molecule has 3 N–H and O–H groups in total. The Morgan fingerprint density at radius 2 is 2.07 bits per heavy atom. The summed E-state index contributed by atoms with van der Waals surface area (Å²) in [6.07, 6.45) is 7.12. The normalized spacial score (nSPS) is 18.3. The number of amides is 1. The van der Waals surface area contributed by atoms with E-state index in [1.807, 2.05) is 0 Å². The van der Waals surface area contributed by atoms with Crippen molar-refractivity contribution >= 4 is 5.91 Å². The fourth-order valence-electron chi connectivity index (χ4n) is 1.79. The Morgan fingerprint density at radius 3 is 2.60 bits per heavy atom. The number of carbonyl (C=O) groups excluding carboxylic acids is 1. The largest absolute Gasteiger partial charge is 0.392 e. The van der Waals surface area contributed by atoms with Crippen LogP contribution in [0.15, 0.2) is 17.0 Å². The number of hydrogen-bond acceptors (Lipinski definition) is 4. The van der Waals surface area contributed by atoms with Crippen LogP contribution in [0, 0.1) is 5.53 Å². The van der Waals surface area contributed by atoms with Gasteiger partial charge in [-0.2, -0.15) is 5.11 Å². The minimum atomic E-state index is -0.258. The van der Waals surface area contributed by atoms with Gasteiger partial charge in [0.2, 0.25) is 0 Å². The van der Waals surface area contributed by atoms with Crippen molar-refractivity contribution < 1.29 is 4.79 Å². The van der Waals surface area contributed by atoms with E-state index in [0.717, 1.165) is 12.8 Å². The van der Waals surface area contributed by atoms with E-state index in [1.54, 1.807) is 7.05 Å². The summed E-state index contributed by atoms with van der Waals surface area (Å²) < 4.78 is 0. The second-order valence-corrected chi connectivity index (χ2v) is 3.74. The van der Waals surface area contributed by atoms with Gasteiger partial charge in [-0.15, -0.1) is 0 Å². The molecule has 0 spiro atoms. The van der Waals surface area contributed by atoms with Gasteiger partial charge in [0.1, 0.15) is 0 Å². The van der Waals surface area contributed by atoms with Crippen molar-refractivity contribution in [2.45, 2.75) is 38.1 Å². The first-order valence-corrected chi connectivity index (χ1v) is 5.33. The highest BCUT2D eigenvalue weighted by Crippen LogP contribution is 2.17. The third-order valence-corrected chi connectivity index (χ3v) is 2.57. The lowest BCUT2D eigenvalue weighted by atomic mass is 9.95. The molecule has 84 valence electrons.